The fourth-order valence-electron chi connectivity index (χ4n) is 11.4. The summed E-state index contributed by atoms with van der Waals surface area (Å²) in [5.74, 6) is -4.22. The maximum atomic E-state index is 14.6. The molecule has 5 heterocycles. The van der Waals surface area contributed by atoms with Crippen LogP contribution in [-0.4, -0.2) is 87.9 Å². The van der Waals surface area contributed by atoms with Crippen LogP contribution in [0.4, 0.5) is 0 Å². The molecule has 0 radical (unpaired) electrons. The summed E-state index contributed by atoms with van der Waals surface area (Å²) in [6.45, 7) is 23.2. The van der Waals surface area contributed by atoms with Crippen LogP contribution in [0.1, 0.15) is 153 Å². The number of rotatable bonds is 14. The van der Waals surface area contributed by atoms with E-state index in [9.17, 15) is 19.9 Å². The number of hydroxylamine groups is 1. The molecule has 0 bridgehead atoms. The molecule has 0 aromatic heterocycles. The zero-order valence-corrected chi connectivity index (χ0v) is 37.1. The predicted molar refractivity (Wildman–Crippen MR) is 218 cm³/mol. The van der Waals surface area contributed by atoms with Gasteiger partial charge in [-0.15, -0.1) is 0 Å². The Morgan fingerprint density at radius 3 is 2.18 bits per heavy atom. The first-order valence-corrected chi connectivity index (χ1v) is 22.9. The van der Waals surface area contributed by atoms with Crippen LogP contribution in [-0.2, 0) is 33.3 Å². The van der Waals surface area contributed by atoms with Crippen LogP contribution in [0, 0.1) is 46.8 Å². The monoisotopic (exact) mass is 803 g/mol. The number of carbonyl (C=O) groups is 2. The summed E-state index contributed by atoms with van der Waals surface area (Å²) in [6.07, 6.45) is 12.7. The van der Waals surface area contributed by atoms with Crippen molar-refractivity contribution in [3.8, 4) is 0 Å². The first-order valence-electron chi connectivity index (χ1n) is 22.9. The van der Waals surface area contributed by atoms with Crippen LogP contribution in [0.2, 0.25) is 0 Å². The summed E-state index contributed by atoms with van der Waals surface area (Å²) in [7, 11) is 0. The Bertz CT molecular complexity index is 1440. The lowest BCUT2D eigenvalue weighted by Crippen LogP contribution is -2.65. The molecule has 0 aromatic carbocycles. The third kappa shape index (κ3) is 8.71. The summed E-state index contributed by atoms with van der Waals surface area (Å²) in [5, 5.41) is 25.1. The smallest absolute Gasteiger partial charge is 0.249 e. The number of amides is 1. The van der Waals surface area contributed by atoms with Crippen molar-refractivity contribution in [2.24, 2.45) is 46.8 Å². The molecule has 5 aliphatic heterocycles. The van der Waals surface area contributed by atoms with E-state index in [0.29, 0.717) is 31.7 Å². The van der Waals surface area contributed by atoms with Gasteiger partial charge in [-0.3, -0.25) is 14.8 Å². The highest BCUT2D eigenvalue weighted by molar-refractivity contribution is 5.84. The van der Waals surface area contributed by atoms with Crippen molar-refractivity contribution in [3.63, 3.8) is 0 Å². The molecule has 11 heteroatoms. The van der Waals surface area contributed by atoms with Crippen LogP contribution in [0.25, 0.3) is 0 Å². The van der Waals surface area contributed by atoms with E-state index < -0.39 is 53.0 Å². The van der Waals surface area contributed by atoms with Crippen LogP contribution < -0.4 is 10.8 Å². The molecule has 2 unspecified atom stereocenters. The number of aliphatic hydroxyl groups excluding tert-OH is 1. The Balaban J connectivity index is 1.20. The molecule has 0 aromatic rings. The minimum Gasteiger partial charge on any atom is -0.392 e. The van der Waals surface area contributed by atoms with Crippen LogP contribution >= 0.6 is 0 Å². The first-order chi connectivity index (χ1) is 26.9. The SMILES string of the molecule is CCC(C(=O)NO)[C@H]1CC[C@H](C)C([C@@H](C)[C@H](O)[C@H](C)C(=O)[C@H](CC)[C@H]2O[C@]3(C=C[C@@H](NC4CC4)[C@]4(CC[C@@](C)([C@H]5CC[C@](C)(CC)[C@H](C)O5)O4)O3)[C@H](C)C[C@@H]2C)O1. The van der Waals surface area contributed by atoms with Gasteiger partial charge in [0.1, 0.15) is 5.78 Å². The van der Waals surface area contributed by atoms with Gasteiger partial charge in [-0.05, 0) is 108 Å². The van der Waals surface area contributed by atoms with E-state index in [1.165, 1.54) is 0 Å². The van der Waals surface area contributed by atoms with Crippen molar-refractivity contribution in [3.05, 3.63) is 12.2 Å². The molecule has 6 rings (SSSR count). The molecule has 1 saturated carbocycles. The first kappa shape index (κ1) is 45.1. The van der Waals surface area contributed by atoms with Gasteiger partial charge in [-0.2, -0.15) is 0 Å². The highest BCUT2D eigenvalue weighted by atomic mass is 16.8. The number of hydrogen-bond acceptors (Lipinski definition) is 10. The number of nitrogens with one attached hydrogen (secondary N) is 2. The van der Waals surface area contributed by atoms with Crippen LogP contribution in [0.5, 0.6) is 0 Å². The van der Waals surface area contributed by atoms with E-state index in [1.54, 1.807) is 5.48 Å². The van der Waals surface area contributed by atoms with Crippen molar-refractivity contribution < 1.29 is 43.6 Å². The van der Waals surface area contributed by atoms with Gasteiger partial charge >= 0.3 is 0 Å². The van der Waals surface area contributed by atoms with Crippen LogP contribution in [0.3, 0.4) is 0 Å². The summed E-state index contributed by atoms with van der Waals surface area (Å²) in [4.78, 5) is 27.1. The average molecular weight is 803 g/mol. The largest absolute Gasteiger partial charge is 0.392 e. The van der Waals surface area contributed by atoms with E-state index in [4.69, 9.17) is 23.7 Å². The Hall–Kier alpha value is -1.44. The summed E-state index contributed by atoms with van der Waals surface area (Å²) >= 11 is 0. The molecule has 1 amide bonds. The summed E-state index contributed by atoms with van der Waals surface area (Å²) in [6, 6.07) is 0.305. The van der Waals surface area contributed by atoms with Gasteiger partial charge in [0.05, 0.1) is 54.2 Å². The Morgan fingerprint density at radius 1 is 0.860 bits per heavy atom. The molecular weight excluding hydrogens is 725 g/mol. The van der Waals surface area contributed by atoms with Crippen molar-refractivity contribution >= 4 is 11.7 Å². The molecule has 1 aliphatic carbocycles. The minimum absolute atomic E-state index is 0.0128. The van der Waals surface area contributed by atoms with E-state index in [-0.39, 0.29) is 65.3 Å². The summed E-state index contributed by atoms with van der Waals surface area (Å²) < 4.78 is 35.2. The van der Waals surface area contributed by atoms with Gasteiger partial charge in [0, 0.05) is 36.1 Å². The molecule has 57 heavy (non-hydrogen) atoms. The quantitative estimate of drug-likeness (QED) is 0.0786. The topological polar surface area (TPSA) is 145 Å². The van der Waals surface area contributed by atoms with Gasteiger partial charge < -0.3 is 34.1 Å². The second kappa shape index (κ2) is 17.5. The molecule has 4 saturated heterocycles. The molecule has 5 fully saturated rings. The molecule has 2 spiro atoms. The van der Waals surface area contributed by atoms with Crippen molar-refractivity contribution in [2.75, 3.05) is 0 Å². The third-order valence-corrected chi connectivity index (χ3v) is 16.2. The van der Waals surface area contributed by atoms with Gasteiger partial charge in [-0.25, -0.2) is 5.48 Å². The Morgan fingerprint density at radius 2 is 1.56 bits per heavy atom. The highest BCUT2D eigenvalue weighted by Crippen LogP contribution is 2.55. The van der Waals surface area contributed by atoms with Crippen molar-refractivity contribution in [2.45, 2.75) is 219 Å². The van der Waals surface area contributed by atoms with Crippen molar-refractivity contribution in [1.82, 2.24) is 10.8 Å². The van der Waals surface area contributed by atoms with Gasteiger partial charge in [-0.1, -0.05) is 68.4 Å². The van der Waals surface area contributed by atoms with Crippen LogP contribution in [0.15, 0.2) is 12.2 Å². The Labute approximate surface area is 343 Å². The fourth-order valence-corrected chi connectivity index (χ4v) is 11.4. The van der Waals surface area contributed by atoms with Gasteiger partial charge in [0.25, 0.3) is 0 Å². The third-order valence-electron chi connectivity index (χ3n) is 16.2. The predicted octanol–water partition coefficient (Wildman–Crippen LogP) is 7.64. The van der Waals surface area contributed by atoms with E-state index >= 15 is 0 Å². The second-order valence-electron chi connectivity index (χ2n) is 20.1. The molecular formula is C46H78N2O9. The highest BCUT2D eigenvalue weighted by Gasteiger charge is 2.63. The minimum atomic E-state index is -1.08. The standard InChI is InChI=1S/C46H78N2O9/c1-12-33(42(51)48-52)35-18-15-26(4)40(54-35)30(8)38(49)29(7)39(50)34(13-2)41-27(5)25-28(6)45(55-41)22-19-36(47-32-16-17-32)46(57-45)24-23-44(11,56-46)37-20-21-43(10,14-3)31(9)53-37/h19,22,26-38,40-41,47,49,52H,12-18,20-21,23-25H2,1-11H3,(H,48,51)/t26-,27-,28+,29-,30-,31-,33?,34-,35+,36+,37+,38+,40?,41-,43-,44-,45-,46-/m0/s1. The number of carbonyl (C=O) groups excluding carboxylic acids is 2. The maximum Gasteiger partial charge on any atom is 0.249 e. The van der Waals surface area contributed by atoms with E-state index in [0.717, 1.165) is 51.4 Å². The molecule has 6 aliphatic rings. The normalized spacial score (nSPS) is 45.0. The Kier molecular flexibility index (Phi) is 13.8. The summed E-state index contributed by atoms with van der Waals surface area (Å²) in [5.41, 5.74) is 1.44. The van der Waals surface area contributed by atoms with E-state index in [2.05, 4.69) is 65.9 Å². The zero-order valence-electron chi connectivity index (χ0n) is 37.1. The maximum absolute atomic E-state index is 14.6. The van der Waals surface area contributed by atoms with E-state index in [1.807, 2.05) is 27.7 Å². The number of hydrogen-bond donors (Lipinski definition) is 4. The fraction of sp³-hybridized carbons (Fsp3) is 0.913. The number of ketones is 1. The lowest BCUT2D eigenvalue weighted by molar-refractivity contribution is -0.398. The van der Waals surface area contributed by atoms with Gasteiger partial charge in [0.2, 0.25) is 5.91 Å². The average Bonchev–Trinajstić information content (AvgIpc) is 3.96. The molecule has 4 N–H and O–H groups in total. The molecule has 18 atom stereocenters. The van der Waals surface area contributed by atoms with Crippen molar-refractivity contribution in [1.29, 1.82) is 0 Å². The lowest BCUT2D eigenvalue weighted by atomic mass is 9.72. The zero-order chi connectivity index (χ0) is 41.7. The molecule has 326 valence electrons. The van der Waals surface area contributed by atoms with Gasteiger partial charge in [0.15, 0.2) is 11.6 Å². The second-order valence-corrected chi connectivity index (χ2v) is 20.1. The molecule has 11 nitrogen and oxygen atoms in total. The lowest BCUT2D eigenvalue weighted by Gasteiger charge is -2.55. The number of ether oxygens (including phenoxy) is 5. The number of aliphatic hydroxyl groups is 1. The number of Topliss-reactive ketones (excluding diaryl/α,β-unsaturated/α-hetero) is 1.